The summed E-state index contributed by atoms with van der Waals surface area (Å²) < 4.78 is 15.5. The van der Waals surface area contributed by atoms with Gasteiger partial charge in [0.2, 0.25) is 5.91 Å². The summed E-state index contributed by atoms with van der Waals surface area (Å²) in [5.41, 5.74) is -0.153. The molecule has 0 radical (unpaired) electrons. The lowest BCUT2D eigenvalue weighted by molar-refractivity contribution is -0.131. The van der Waals surface area contributed by atoms with E-state index in [1.54, 1.807) is 36.1 Å². The maximum atomic E-state index is 13.8. The van der Waals surface area contributed by atoms with Crippen LogP contribution in [0.15, 0.2) is 36.7 Å². The number of hydrogen-bond acceptors (Lipinski definition) is 4. The Bertz CT molecular complexity index is 999. The highest BCUT2D eigenvalue weighted by atomic mass is 19.1. The number of benzene rings is 1. The normalized spacial score (nSPS) is 18.5. The van der Waals surface area contributed by atoms with Gasteiger partial charge in [-0.25, -0.2) is 14.2 Å². The smallest absolute Gasteiger partial charge is 0.325 e. The number of nitrogens with one attached hydrogen (secondary N) is 2. The Labute approximate surface area is 179 Å². The van der Waals surface area contributed by atoms with Gasteiger partial charge in [-0.1, -0.05) is 25.0 Å². The SMILES string of the molecule is Cn1ccnc1C(NC(=O)CCCN1C(=O)NC2(CCCC2)C1=O)c1cccc(F)c1. The molecule has 1 spiro atoms. The predicted octanol–water partition coefficient (Wildman–Crippen LogP) is 2.41. The van der Waals surface area contributed by atoms with Crippen LogP contribution in [0.2, 0.25) is 0 Å². The minimum absolute atomic E-state index is 0.125. The number of carbonyl (C=O) groups excluding carboxylic acids is 3. The van der Waals surface area contributed by atoms with Gasteiger partial charge in [0.15, 0.2) is 0 Å². The second-order valence-corrected chi connectivity index (χ2v) is 8.23. The van der Waals surface area contributed by atoms with E-state index in [2.05, 4.69) is 15.6 Å². The molecular formula is C22H26FN5O3. The Morgan fingerprint density at radius 1 is 1.32 bits per heavy atom. The molecule has 1 aromatic heterocycles. The monoisotopic (exact) mass is 427 g/mol. The Morgan fingerprint density at radius 2 is 2.10 bits per heavy atom. The summed E-state index contributed by atoms with van der Waals surface area (Å²) in [4.78, 5) is 43.1. The van der Waals surface area contributed by atoms with E-state index in [0.717, 1.165) is 12.8 Å². The van der Waals surface area contributed by atoms with Gasteiger partial charge in [0.25, 0.3) is 5.91 Å². The summed E-state index contributed by atoms with van der Waals surface area (Å²) in [5.74, 6) is -0.262. The van der Waals surface area contributed by atoms with Crippen LogP contribution in [0.5, 0.6) is 0 Å². The lowest BCUT2D eigenvalue weighted by Gasteiger charge is -2.21. The van der Waals surface area contributed by atoms with Crippen LogP contribution in [0.4, 0.5) is 9.18 Å². The van der Waals surface area contributed by atoms with E-state index in [1.165, 1.54) is 17.0 Å². The van der Waals surface area contributed by atoms with E-state index < -0.39 is 17.4 Å². The zero-order chi connectivity index (χ0) is 22.0. The summed E-state index contributed by atoms with van der Waals surface area (Å²) in [6, 6.07) is 5.05. The van der Waals surface area contributed by atoms with Crippen LogP contribution in [0.3, 0.4) is 0 Å². The van der Waals surface area contributed by atoms with E-state index in [0.29, 0.717) is 30.7 Å². The van der Waals surface area contributed by atoms with Gasteiger partial charge in [-0.15, -0.1) is 0 Å². The molecule has 1 aliphatic carbocycles. The van der Waals surface area contributed by atoms with Crippen LogP contribution in [0, 0.1) is 5.82 Å². The Balaban J connectivity index is 1.38. The number of carbonyl (C=O) groups is 3. The standard InChI is InChI=1S/C22H26FN5O3/c1-27-13-11-24-19(27)18(15-6-4-7-16(23)14-15)25-17(29)8-5-12-28-20(30)22(26-21(28)31)9-2-3-10-22/h4,6-7,11,13-14,18H,2-3,5,8-10,12H2,1H3,(H,25,29)(H,26,31). The first kappa shape index (κ1) is 21.0. The van der Waals surface area contributed by atoms with Crippen molar-refractivity contribution in [1.29, 1.82) is 0 Å². The molecule has 2 aromatic rings. The van der Waals surface area contributed by atoms with Crippen molar-refractivity contribution in [3.63, 3.8) is 0 Å². The van der Waals surface area contributed by atoms with Crippen molar-refractivity contribution in [2.45, 2.75) is 50.1 Å². The molecule has 1 saturated carbocycles. The van der Waals surface area contributed by atoms with Gasteiger partial charge in [0, 0.05) is 32.4 Å². The number of urea groups is 1. The van der Waals surface area contributed by atoms with Crippen molar-refractivity contribution in [1.82, 2.24) is 25.1 Å². The maximum Gasteiger partial charge on any atom is 0.325 e. The van der Waals surface area contributed by atoms with Gasteiger partial charge in [-0.05, 0) is 37.0 Å². The molecule has 2 heterocycles. The molecule has 4 amide bonds. The molecule has 2 fully saturated rings. The van der Waals surface area contributed by atoms with Crippen LogP contribution in [0.1, 0.15) is 56.0 Å². The van der Waals surface area contributed by atoms with Gasteiger partial charge >= 0.3 is 6.03 Å². The molecule has 2 aliphatic rings. The average Bonchev–Trinajstić information content (AvgIpc) is 3.43. The molecule has 4 rings (SSSR count). The van der Waals surface area contributed by atoms with Crippen LogP contribution < -0.4 is 10.6 Å². The van der Waals surface area contributed by atoms with Crippen molar-refractivity contribution >= 4 is 17.8 Å². The molecule has 1 unspecified atom stereocenters. The number of imide groups is 1. The number of rotatable bonds is 7. The summed E-state index contributed by atoms with van der Waals surface area (Å²) in [6.45, 7) is 0.187. The van der Waals surface area contributed by atoms with E-state index in [1.807, 2.05) is 0 Å². The van der Waals surface area contributed by atoms with Gasteiger partial charge in [-0.3, -0.25) is 14.5 Å². The lowest BCUT2D eigenvalue weighted by Crippen LogP contribution is -2.44. The first-order chi connectivity index (χ1) is 14.9. The minimum Gasteiger partial charge on any atom is -0.342 e. The molecule has 1 atom stereocenters. The van der Waals surface area contributed by atoms with E-state index in [4.69, 9.17) is 0 Å². The van der Waals surface area contributed by atoms with Crippen LogP contribution >= 0.6 is 0 Å². The number of nitrogens with zero attached hydrogens (tertiary/aromatic N) is 3. The fourth-order valence-corrected chi connectivity index (χ4v) is 4.47. The summed E-state index contributed by atoms with van der Waals surface area (Å²) in [5, 5.41) is 5.75. The highest BCUT2D eigenvalue weighted by molar-refractivity contribution is 6.07. The largest absolute Gasteiger partial charge is 0.342 e. The number of aromatic nitrogens is 2. The quantitative estimate of drug-likeness (QED) is 0.664. The van der Waals surface area contributed by atoms with Gasteiger partial charge in [0.05, 0.1) is 0 Å². The molecule has 1 aliphatic heterocycles. The first-order valence-electron chi connectivity index (χ1n) is 10.6. The van der Waals surface area contributed by atoms with Crippen molar-refractivity contribution in [2.24, 2.45) is 7.05 Å². The van der Waals surface area contributed by atoms with Crippen molar-refractivity contribution in [2.75, 3.05) is 6.54 Å². The van der Waals surface area contributed by atoms with E-state index in [-0.39, 0.29) is 30.8 Å². The summed E-state index contributed by atoms with van der Waals surface area (Å²) in [7, 11) is 1.80. The number of halogens is 1. The second kappa shape index (κ2) is 8.49. The molecular weight excluding hydrogens is 401 g/mol. The fourth-order valence-electron chi connectivity index (χ4n) is 4.47. The van der Waals surface area contributed by atoms with Crippen molar-refractivity contribution < 1.29 is 18.8 Å². The van der Waals surface area contributed by atoms with Gasteiger partial charge in [0.1, 0.15) is 23.2 Å². The van der Waals surface area contributed by atoms with Crippen molar-refractivity contribution in [3.05, 3.63) is 53.9 Å². The number of imidazole rings is 1. The third kappa shape index (κ3) is 4.17. The third-order valence-electron chi connectivity index (χ3n) is 6.09. The van der Waals surface area contributed by atoms with E-state index >= 15 is 0 Å². The molecule has 8 nitrogen and oxygen atoms in total. The second-order valence-electron chi connectivity index (χ2n) is 8.23. The summed E-state index contributed by atoms with van der Waals surface area (Å²) in [6.07, 6.45) is 7.04. The minimum atomic E-state index is -0.736. The average molecular weight is 427 g/mol. The molecule has 1 saturated heterocycles. The van der Waals surface area contributed by atoms with Crippen LogP contribution in [-0.4, -0.2) is 44.4 Å². The Kier molecular flexibility index (Phi) is 5.75. The van der Waals surface area contributed by atoms with Crippen LogP contribution in [-0.2, 0) is 16.6 Å². The maximum absolute atomic E-state index is 13.8. The van der Waals surface area contributed by atoms with Crippen LogP contribution in [0.25, 0.3) is 0 Å². The third-order valence-corrected chi connectivity index (χ3v) is 6.09. The van der Waals surface area contributed by atoms with Gasteiger partial charge in [-0.2, -0.15) is 0 Å². The van der Waals surface area contributed by atoms with E-state index in [9.17, 15) is 18.8 Å². The topological polar surface area (TPSA) is 96.3 Å². The highest BCUT2D eigenvalue weighted by Gasteiger charge is 2.52. The summed E-state index contributed by atoms with van der Waals surface area (Å²) >= 11 is 0. The molecule has 0 bridgehead atoms. The number of hydrogen-bond donors (Lipinski definition) is 2. The first-order valence-corrected chi connectivity index (χ1v) is 10.6. The molecule has 1 aromatic carbocycles. The molecule has 31 heavy (non-hydrogen) atoms. The zero-order valence-electron chi connectivity index (χ0n) is 17.4. The lowest BCUT2D eigenvalue weighted by atomic mass is 9.98. The highest BCUT2D eigenvalue weighted by Crippen LogP contribution is 2.35. The molecule has 9 heteroatoms. The molecule has 164 valence electrons. The Morgan fingerprint density at radius 3 is 2.77 bits per heavy atom. The Hall–Kier alpha value is -3.23. The van der Waals surface area contributed by atoms with Gasteiger partial charge < -0.3 is 15.2 Å². The molecule has 2 N–H and O–H groups in total. The zero-order valence-corrected chi connectivity index (χ0v) is 17.4. The number of amides is 4. The predicted molar refractivity (Wildman–Crippen MR) is 110 cm³/mol. The fraction of sp³-hybridized carbons (Fsp3) is 0.455. The number of aryl methyl sites for hydroxylation is 1. The van der Waals surface area contributed by atoms with Crippen molar-refractivity contribution in [3.8, 4) is 0 Å².